The molecule has 0 aliphatic heterocycles. The second-order valence-electron chi connectivity index (χ2n) is 8.99. The standard InChI is InChI=1S/C28H38FN3O3/c1-5-7-17-34-20-24(33)18-31(21(3)4)19-26-27(6-2)30-32(23-11-9-8-10-12-23)28(26)35-25-15-13-22(29)14-16-25/h8-16,21,24,33H,5-7,17-20H2,1-4H3/t24-/m1/s1. The summed E-state index contributed by atoms with van der Waals surface area (Å²) in [5.74, 6) is 0.816. The minimum absolute atomic E-state index is 0.184. The Balaban J connectivity index is 1.92. The van der Waals surface area contributed by atoms with Crippen LogP contribution in [0.15, 0.2) is 54.6 Å². The molecule has 3 rings (SSSR count). The Morgan fingerprint density at radius 3 is 2.40 bits per heavy atom. The zero-order valence-electron chi connectivity index (χ0n) is 21.3. The summed E-state index contributed by atoms with van der Waals surface area (Å²) in [6, 6.07) is 16.0. The number of hydrogen-bond acceptors (Lipinski definition) is 5. The molecule has 1 N–H and O–H groups in total. The first-order valence-corrected chi connectivity index (χ1v) is 12.5. The van der Waals surface area contributed by atoms with Gasteiger partial charge in [-0.1, -0.05) is 38.5 Å². The Hall–Kier alpha value is -2.74. The minimum atomic E-state index is -0.593. The van der Waals surface area contributed by atoms with Crippen LogP contribution in [0.3, 0.4) is 0 Å². The highest BCUT2D eigenvalue weighted by Gasteiger charge is 2.25. The summed E-state index contributed by atoms with van der Waals surface area (Å²) in [6.07, 6.45) is 2.19. The van der Waals surface area contributed by atoms with Gasteiger partial charge < -0.3 is 14.6 Å². The summed E-state index contributed by atoms with van der Waals surface area (Å²) in [5.41, 5.74) is 2.75. The zero-order chi connectivity index (χ0) is 25.2. The number of unbranched alkanes of at least 4 members (excludes halogenated alkanes) is 1. The highest BCUT2D eigenvalue weighted by Crippen LogP contribution is 2.32. The third-order valence-electron chi connectivity index (χ3n) is 5.87. The van der Waals surface area contributed by atoms with Crippen molar-refractivity contribution in [2.24, 2.45) is 0 Å². The van der Waals surface area contributed by atoms with E-state index in [4.69, 9.17) is 14.6 Å². The van der Waals surface area contributed by atoms with Crippen LogP contribution in [0.25, 0.3) is 5.69 Å². The molecular formula is C28H38FN3O3. The number of aliphatic hydroxyl groups excluding tert-OH is 1. The van der Waals surface area contributed by atoms with Crippen LogP contribution in [-0.2, 0) is 17.7 Å². The number of nitrogens with zero attached hydrogens (tertiary/aromatic N) is 3. The summed E-state index contributed by atoms with van der Waals surface area (Å²) in [5, 5.41) is 15.5. The lowest BCUT2D eigenvalue weighted by Gasteiger charge is -2.29. The molecule has 0 saturated heterocycles. The van der Waals surface area contributed by atoms with Gasteiger partial charge in [-0.05, 0) is 63.1 Å². The molecule has 1 atom stereocenters. The van der Waals surface area contributed by atoms with Gasteiger partial charge in [0.25, 0.3) is 0 Å². The smallest absolute Gasteiger partial charge is 0.227 e. The van der Waals surface area contributed by atoms with Gasteiger partial charge in [-0.2, -0.15) is 5.10 Å². The number of aliphatic hydroxyl groups is 1. The molecule has 0 aliphatic carbocycles. The van der Waals surface area contributed by atoms with Gasteiger partial charge in [-0.3, -0.25) is 4.90 Å². The Morgan fingerprint density at radius 1 is 1.06 bits per heavy atom. The number of halogens is 1. The predicted molar refractivity (Wildman–Crippen MR) is 137 cm³/mol. The fourth-order valence-electron chi connectivity index (χ4n) is 3.83. The normalized spacial score (nSPS) is 12.5. The average molecular weight is 484 g/mol. The van der Waals surface area contributed by atoms with E-state index in [1.807, 2.05) is 30.3 Å². The lowest BCUT2D eigenvalue weighted by Crippen LogP contribution is -2.39. The van der Waals surface area contributed by atoms with E-state index in [0.29, 0.717) is 37.9 Å². The summed E-state index contributed by atoms with van der Waals surface area (Å²) < 4.78 is 27.3. The Bertz CT molecular complexity index is 1020. The third kappa shape index (κ3) is 7.62. The number of hydrogen-bond donors (Lipinski definition) is 1. The lowest BCUT2D eigenvalue weighted by molar-refractivity contribution is 0.00841. The molecule has 7 heteroatoms. The second kappa shape index (κ2) is 13.4. The average Bonchev–Trinajstić information content (AvgIpc) is 3.20. The summed E-state index contributed by atoms with van der Waals surface area (Å²) in [6.45, 7) is 10.4. The molecule has 0 radical (unpaired) electrons. The van der Waals surface area contributed by atoms with Crippen LogP contribution in [0.1, 0.15) is 51.8 Å². The van der Waals surface area contributed by atoms with E-state index in [9.17, 15) is 9.50 Å². The number of ether oxygens (including phenoxy) is 2. The Morgan fingerprint density at radius 2 is 1.77 bits per heavy atom. The molecule has 0 amide bonds. The molecule has 0 unspecified atom stereocenters. The molecule has 0 aliphatic rings. The molecule has 190 valence electrons. The minimum Gasteiger partial charge on any atom is -0.439 e. The van der Waals surface area contributed by atoms with Crippen molar-refractivity contribution < 1.29 is 19.0 Å². The molecule has 1 aromatic heterocycles. The number of aromatic nitrogens is 2. The van der Waals surface area contributed by atoms with E-state index < -0.39 is 6.10 Å². The van der Waals surface area contributed by atoms with Crippen LogP contribution < -0.4 is 4.74 Å². The van der Waals surface area contributed by atoms with Crippen LogP contribution in [0, 0.1) is 5.82 Å². The predicted octanol–water partition coefficient (Wildman–Crippen LogP) is 5.75. The number of para-hydroxylation sites is 1. The van der Waals surface area contributed by atoms with Crippen molar-refractivity contribution in [2.45, 2.75) is 65.6 Å². The van der Waals surface area contributed by atoms with E-state index in [1.54, 1.807) is 16.8 Å². The van der Waals surface area contributed by atoms with Gasteiger partial charge in [0.1, 0.15) is 11.6 Å². The van der Waals surface area contributed by atoms with Gasteiger partial charge >= 0.3 is 0 Å². The van der Waals surface area contributed by atoms with E-state index in [0.717, 1.165) is 36.2 Å². The molecule has 3 aromatic rings. The maximum atomic E-state index is 13.5. The number of rotatable bonds is 14. The van der Waals surface area contributed by atoms with Crippen molar-refractivity contribution in [3.05, 3.63) is 71.7 Å². The van der Waals surface area contributed by atoms with Crippen molar-refractivity contribution in [3.8, 4) is 17.3 Å². The SMILES string of the molecule is CCCCOC[C@H](O)CN(Cc1c(CC)nn(-c2ccccc2)c1Oc1ccc(F)cc1)C(C)C. The lowest BCUT2D eigenvalue weighted by atomic mass is 10.1. The summed E-state index contributed by atoms with van der Waals surface area (Å²) in [7, 11) is 0. The van der Waals surface area contributed by atoms with Gasteiger partial charge in [0, 0.05) is 25.7 Å². The fourth-order valence-corrected chi connectivity index (χ4v) is 3.83. The molecular weight excluding hydrogens is 445 g/mol. The van der Waals surface area contributed by atoms with Gasteiger partial charge in [-0.15, -0.1) is 0 Å². The van der Waals surface area contributed by atoms with Crippen LogP contribution in [-0.4, -0.2) is 51.7 Å². The molecule has 1 heterocycles. The van der Waals surface area contributed by atoms with Crippen molar-refractivity contribution in [1.82, 2.24) is 14.7 Å². The van der Waals surface area contributed by atoms with Gasteiger partial charge in [-0.25, -0.2) is 9.07 Å². The van der Waals surface area contributed by atoms with Gasteiger partial charge in [0.2, 0.25) is 5.88 Å². The van der Waals surface area contributed by atoms with E-state index >= 15 is 0 Å². The molecule has 35 heavy (non-hydrogen) atoms. The van der Waals surface area contributed by atoms with Crippen LogP contribution in [0.2, 0.25) is 0 Å². The summed E-state index contributed by atoms with van der Waals surface area (Å²) in [4.78, 5) is 2.21. The second-order valence-corrected chi connectivity index (χ2v) is 8.99. The fraction of sp³-hybridized carbons (Fsp3) is 0.464. The molecule has 2 aromatic carbocycles. The highest BCUT2D eigenvalue weighted by atomic mass is 19.1. The van der Waals surface area contributed by atoms with E-state index in [2.05, 4.69) is 32.6 Å². The Kier molecular flexibility index (Phi) is 10.3. The van der Waals surface area contributed by atoms with Crippen LogP contribution in [0.4, 0.5) is 4.39 Å². The van der Waals surface area contributed by atoms with E-state index in [1.165, 1.54) is 12.1 Å². The maximum absolute atomic E-state index is 13.5. The quantitative estimate of drug-likeness (QED) is 0.296. The molecule has 6 nitrogen and oxygen atoms in total. The first kappa shape index (κ1) is 26.9. The zero-order valence-corrected chi connectivity index (χ0v) is 21.3. The third-order valence-corrected chi connectivity index (χ3v) is 5.87. The van der Waals surface area contributed by atoms with Gasteiger partial charge in [0.15, 0.2) is 0 Å². The largest absolute Gasteiger partial charge is 0.439 e. The van der Waals surface area contributed by atoms with E-state index in [-0.39, 0.29) is 11.9 Å². The molecule has 0 saturated carbocycles. The maximum Gasteiger partial charge on any atom is 0.227 e. The first-order valence-electron chi connectivity index (χ1n) is 12.5. The van der Waals surface area contributed by atoms with Crippen molar-refractivity contribution in [1.29, 1.82) is 0 Å². The summed E-state index contributed by atoms with van der Waals surface area (Å²) >= 11 is 0. The first-order chi connectivity index (χ1) is 16.9. The Labute approximate surface area is 208 Å². The molecule has 0 fully saturated rings. The van der Waals surface area contributed by atoms with Crippen molar-refractivity contribution in [3.63, 3.8) is 0 Å². The van der Waals surface area contributed by atoms with Crippen LogP contribution >= 0.6 is 0 Å². The van der Waals surface area contributed by atoms with Crippen molar-refractivity contribution >= 4 is 0 Å². The monoisotopic (exact) mass is 483 g/mol. The van der Waals surface area contributed by atoms with Crippen LogP contribution in [0.5, 0.6) is 11.6 Å². The van der Waals surface area contributed by atoms with Gasteiger partial charge in [0.05, 0.1) is 29.7 Å². The number of aryl methyl sites for hydroxylation is 1. The highest BCUT2D eigenvalue weighted by molar-refractivity contribution is 5.43. The number of benzene rings is 2. The van der Waals surface area contributed by atoms with Crippen molar-refractivity contribution in [2.75, 3.05) is 19.8 Å². The topological polar surface area (TPSA) is 59.8 Å². The molecule has 0 spiro atoms. The molecule has 0 bridgehead atoms.